The summed E-state index contributed by atoms with van der Waals surface area (Å²) in [5.41, 5.74) is 3.57. The summed E-state index contributed by atoms with van der Waals surface area (Å²) in [6.07, 6.45) is 0.796. The molecular formula is C18H11N3O3S. The second-order valence-electron chi connectivity index (χ2n) is 5.37. The molecule has 0 fully saturated rings. The van der Waals surface area contributed by atoms with Crippen LogP contribution in [0.1, 0.15) is 10.5 Å². The van der Waals surface area contributed by atoms with Gasteiger partial charge < -0.3 is 0 Å². The number of nitrogens with zero attached hydrogens (tertiary/aromatic N) is 3. The van der Waals surface area contributed by atoms with Crippen LogP contribution < -0.4 is 0 Å². The van der Waals surface area contributed by atoms with Gasteiger partial charge in [-0.1, -0.05) is 30.3 Å². The highest BCUT2D eigenvalue weighted by molar-refractivity contribution is 7.15. The molecular weight excluding hydrogens is 338 g/mol. The van der Waals surface area contributed by atoms with Crippen LogP contribution in [0.3, 0.4) is 0 Å². The Morgan fingerprint density at radius 1 is 1.04 bits per heavy atom. The molecule has 0 saturated carbocycles. The number of hydrogen-bond acceptors (Lipinski definition) is 5. The van der Waals surface area contributed by atoms with Crippen LogP contribution >= 0.6 is 11.3 Å². The van der Waals surface area contributed by atoms with Gasteiger partial charge in [0.15, 0.2) is 11.2 Å². The van der Waals surface area contributed by atoms with E-state index in [1.54, 1.807) is 16.5 Å². The Bertz CT molecular complexity index is 1080. The van der Waals surface area contributed by atoms with Crippen LogP contribution in [0.15, 0.2) is 60.0 Å². The number of aldehydes is 1. The summed E-state index contributed by atoms with van der Waals surface area (Å²) in [5.74, 6) is 0. The van der Waals surface area contributed by atoms with Gasteiger partial charge >= 0.3 is 0 Å². The van der Waals surface area contributed by atoms with E-state index in [2.05, 4.69) is 4.98 Å². The van der Waals surface area contributed by atoms with E-state index in [9.17, 15) is 14.9 Å². The smallest absolute Gasteiger partial charge is 0.269 e. The maximum atomic E-state index is 11.8. The normalized spacial score (nSPS) is 10.9. The molecule has 0 aliphatic heterocycles. The summed E-state index contributed by atoms with van der Waals surface area (Å²) in [6, 6.07) is 15.8. The molecule has 2 aromatic heterocycles. The number of benzene rings is 2. The number of nitro benzene ring substituents is 1. The fraction of sp³-hybridized carbons (Fsp3) is 0. The fourth-order valence-electron chi connectivity index (χ4n) is 2.75. The number of non-ortho nitro benzene ring substituents is 1. The van der Waals surface area contributed by atoms with Gasteiger partial charge in [-0.3, -0.25) is 19.3 Å². The predicted octanol–water partition coefficient (Wildman–Crippen LogP) is 4.45. The number of aromatic nitrogens is 2. The molecule has 6 nitrogen and oxygen atoms in total. The Kier molecular flexibility index (Phi) is 3.62. The van der Waals surface area contributed by atoms with Crippen LogP contribution in [0.5, 0.6) is 0 Å². The van der Waals surface area contributed by atoms with Gasteiger partial charge in [-0.15, -0.1) is 11.3 Å². The second-order valence-corrected chi connectivity index (χ2v) is 6.21. The first kappa shape index (κ1) is 15.2. The molecule has 122 valence electrons. The van der Waals surface area contributed by atoms with Crippen LogP contribution in [-0.2, 0) is 0 Å². The molecule has 2 heterocycles. The minimum atomic E-state index is -0.436. The van der Waals surface area contributed by atoms with Gasteiger partial charge in [0.1, 0.15) is 11.4 Å². The molecule has 25 heavy (non-hydrogen) atoms. The number of imidazole rings is 1. The Hall–Kier alpha value is -3.32. The molecule has 0 unspecified atom stereocenters. The summed E-state index contributed by atoms with van der Waals surface area (Å²) in [7, 11) is 0. The third kappa shape index (κ3) is 2.50. The van der Waals surface area contributed by atoms with E-state index in [1.165, 1.54) is 23.5 Å². The number of carbonyl (C=O) groups excluding carboxylic acids is 1. The summed E-state index contributed by atoms with van der Waals surface area (Å²) in [4.78, 5) is 27.4. The summed E-state index contributed by atoms with van der Waals surface area (Å²) in [5, 5.41) is 12.7. The molecule has 0 saturated heterocycles. The molecule has 7 heteroatoms. The van der Waals surface area contributed by atoms with Gasteiger partial charge in [0, 0.05) is 23.1 Å². The van der Waals surface area contributed by atoms with Crippen molar-refractivity contribution in [2.24, 2.45) is 0 Å². The lowest BCUT2D eigenvalue weighted by Crippen LogP contribution is -1.94. The SMILES string of the molecule is O=Cc1c(-c2ccccc2)nc2scc(-c3ccc([N+](=O)[O-])cc3)n12. The quantitative estimate of drug-likeness (QED) is 0.310. The van der Waals surface area contributed by atoms with Crippen molar-refractivity contribution >= 4 is 28.3 Å². The number of fused-ring (bicyclic) bond motifs is 1. The molecule has 0 N–H and O–H groups in total. The van der Waals surface area contributed by atoms with Crippen LogP contribution in [0.2, 0.25) is 0 Å². The first-order chi connectivity index (χ1) is 12.2. The number of rotatable bonds is 4. The molecule has 0 atom stereocenters. The van der Waals surface area contributed by atoms with Crippen LogP contribution in [0.25, 0.3) is 27.5 Å². The summed E-state index contributed by atoms with van der Waals surface area (Å²) < 4.78 is 1.79. The molecule has 4 rings (SSSR count). The standard InChI is InChI=1S/C18H11N3O3S/c22-10-15-17(13-4-2-1-3-5-13)19-18-20(15)16(11-25-18)12-6-8-14(9-7-12)21(23)24/h1-11H. The van der Waals surface area contributed by atoms with E-state index in [0.717, 1.165) is 23.1 Å². The van der Waals surface area contributed by atoms with Gasteiger partial charge in [-0.05, 0) is 17.7 Å². The maximum Gasteiger partial charge on any atom is 0.269 e. The van der Waals surface area contributed by atoms with Gasteiger partial charge in [0.2, 0.25) is 0 Å². The molecule has 4 aromatic rings. The van der Waals surface area contributed by atoms with Crippen molar-refractivity contribution in [3.63, 3.8) is 0 Å². The molecule has 0 amide bonds. The molecule has 2 aromatic carbocycles. The summed E-state index contributed by atoms with van der Waals surface area (Å²) >= 11 is 1.42. The average Bonchev–Trinajstić information content (AvgIpc) is 3.21. The highest BCUT2D eigenvalue weighted by Gasteiger charge is 2.18. The Morgan fingerprint density at radius 2 is 1.76 bits per heavy atom. The number of thiazole rings is 1. The minimum absolute atomic E-state index is 0.0291. The second kappa shape index (κ2) is 5.95. The molecule has 0 aliphatic rings. The zero-order valence-electron chi connectivity index (χ0n) is 12.8. The largest absolute Gasteiger partial charge is 0.296 e. The first-order valence-electron chi connectivity index (χ1n) is 7.44. The maximum absolute atomic E-state index is 11.8. The van der Waals surface area contributed by atoms with E-state index in [-0.39, 0.29) is 5.69 Å². The van der Waals surface area contributed by atoms with Crippen molar-refractivity contribution in [1.29, 1.82) is 0 Å². The topological polar surface area (TPSA) is 77.5 Å². The van der Waals surface area contributed by atoms with Gasteiger partial charge in [0.05, 0.1) is 10.6 Å². The highest BCUT2D eigenvalue weighted by atomic mass is 32.1. The third-order valence-corrected chi connectivity index (χ3v) is 4.76. The zero-order chi connectivity index (χ0) is 17.4. The van der Waals surface area contributed by atoms with Crippen LogP contribution in [0, 0.1) is 10.1 Å². The van der Waals surface area contributed by atoms with Gasteiger partial charge in [-0.25, -0.2) is 4.98 Å². The first-order valence-corrected chi connectivity index (χ1v) is 8.32. The Balaban J connectivity index is 1.90. The van der Waals surface area contributed by atoms with E-state index in [0.29, 0.717) is 16.3 Å². The lowest BCUT2D eigenvalue weighted by atomic mass is 10.1. The highest BCUT2D eigenvalue weighted by Crippen LogP contribution is 2.32. The molecule has 0 bridgehead atoms. The third-order valence-electron chi connectivity index (χ3n) is 3.93. The molecule has 0 radical (unpaired) electrons. The van der Waals surface area contributed by atoms with Gasteiger partial charge in [-0.2, -0.15) is 0 Å². The molecule has 0 spiro atoms. The zero-order valence-corrected chi connectivity index (χ0v) is 13.6. The molecule has 0 aliphatic carbocycles. The van der Waals surface area contributed by atoms with Crippen molar-refractivity contribution < 1.29 is 9.72 Å². The monoisotopic (exact) mass is 349 g/mol. The number of hydrogen-bond donors (Lipinski definition) is 0. The van der Waals surface area contributed by atoms with Gasteiger partial charge in [0.25, 0.3) is 5.69 Å². The van der Waals surface area contributed by atoms with Crippen molar-refractivity contribution in [2.75, 3.05) is 0 Å². The lowest BCUT2D eigenvalue weighted by Gasteiger charge is -2.02. The number of nitro groups is 1. The Morgan fingerprint density at radius 3 is 2.40 bits per heavy atom. The van der Waals surface area contributed by atoms with E-state index < -0.39 is 4.92 Å². The fourth-order valence-corrected chi connectivity index (χ4v) is 3.66. The van der Waals surface area contributed by atoms with Crippen LogP contribution in [-0.4, -0.2) is 20.6 Å². The van der Waals surface area contributed by atoms with Crippen LogP contribution in [0.4, 0.5) is 5.69 Å². The Labute approximate surface area is 146 Å². The van der Waals surface area contributed by atoms with Crippen molar-refractivity contribution in [3.05, 3.63) is 75.8 Å². The van der Waals surface area contributed by atoms with E-state index in [1.807, 2.05) is 35.7 Å². The lowest BCUT2D eigenvalue weighted by molar-refractivity contribution is -0.384. The minimum Gasteiger partial charge on any atom is -0.296 e. The van der Waals surface area contributed by atoms with Crippen molar-refractivity contribution in [3.8, 4) is 22.5 Å². The number of carbonyl (C=O) groups is 1. The van der Waals surface area contributed by atoms with Crippen molar-refractivity contribution in [2.45, 2.75) is 0 Å². The van der Waals surface area contributed by atoms with E-state index >= 15 is 0 Å². The summed E-state index contributed by atoms with van der Waals surface area (Å²) in [6.45, 7) is 0. The predicted molar refractivity (Wildman–Crippen MR) is 96.0 cm³/mol. The van der Waals surface area contributed by atoms with E-state index in [4.69, 9.17) is 0 Å². The average molecular weight is 349 g/mol. The van der Waals surface area contributed by atoms with Crippen molar-refractivity contribution in [1.82, 2.24) is 9.38 Å².